The van der Waals surface area contributed by atoms with Crippen LogP contribution >= 0.6 is 23.2 Å². The molecule has 0 aliphatic carbocycles. The van der Waals surface area contributed by atoms with Crippen molar-refractivity contribution in [1.29, 1.82) is 0 Å². The van der Waals surface area contributed by atoms with Crippen LogP contribution in [0, 0.1) is 0 Å². The maximum Gasteiger partial charge on any atom is 0.0595 e. The van der Waals surface area contributed by atoms with E-state index in [1.165, 1.54) is 0 Å². The molecular weight excluding hydrogens is 229 g/mol. The van der Waals surface area contributed by atoms with Crippen LogP contribution in [0.25, 0.3) is 0 Å². The molecule has 1 aromatic rings. The zero-order chi connectivity index (χ0) is 11.1. The van der Waals surface area contributed by atoms with Gasteiger partial charge in [0.15, 0.2) is 0 Å². The Morgan fingerprint density at radius 1 is 1.27 bits per heavy atom. The second-order valence-corrected chi connectivity index (χ2v) is 4.10. The summed E-state index contributed by atoms with van der Waals surface area (Å²) in [5.41, 5.74) is 1.16. The summed E-state index contributed by atoms with van der Waals surface area (Å²) in [5, 5.41) is 4.55. The lowest BCUT2D eigenvalue weighted by molar-refractivity contribution is 0.695. The summed E-state index contributed by atoms with van der Waals surface area (Å²) in [6.45, 7) is 3.83. The molecule has 0 heterocycles. The summed E-state index contributed by atoms with van der Waals surface area (Å²) in [5.74, 6) is 0. The first-order chi connectivity index (χ1) is 7.24. The molecule has 1 N–H and O–H groups in total. The highest BCUT2D eigenvalue weighted by molar-refractivity contribution is 6.42. The van der Waals surface area contributed by atoms with Crippen LogP contribution in [0.2, 0.25) is 10.0 Å². The highest BCUT2D eigenvalue weighted by Crippen LogP contribution is 2.22. The summed E-state index contributed by atoms with van der Waals surface area (Å²) in [7, 11) is 0. The lowest BCUT2D eigenvalue weighted by Crippen LogP contribution is -2.13. The van der Waals surface area contributed by atoms with Gasteiger partial charge in [-0.05, 0) is 37.6 Å². The summed E-state index contributed by atoms with van der Waals surface area (Å²) < 4.78 is 0. The topological polar surface area (TPSA) is 12.0 Å². The molecule has 0 fully saturated rings. The van der Waals surface area contributed by atoms with Gasteiger partial charge >= 0.3 is 0 Å². The molecule has 0 radical (unpaired) electrons. The van der Waals surface area contributed by atoms with Gasteiger partial charge < -0.3 is 5.32 Å². The number of hydrogen-bond acceptors (Lipinski definition) is 1. The van der Waals surface area contributed by atoms with Crippen molar-refractivity contribution in [3.63, 3.8) is 0 Å². The standard InChI is InChI=1S/C12H15Cl2N/c1-2-3-4-7-15-9-10-5-6-11(13)12(14)8-10/h2-3,5-6,8,15H,4,7,9H2,1H3/b3-2+. The number of hydrogen-bond donors (Lipinski definition) is 1. The Morgan fingerprint density at radius 2 is 2.07 bits per heavy atom. The lowest BCUT2D eigenvalue weighted by atomic mass is 10.2. The fourth-order valence-corrected chi connectivity index (χ4v) is 1.56. The molecule has 0 aliphatic rings. The van der Waals surface area contributed by atoms with E-state index in [2.05, 4.69) is 17.5 Å². The average molecular weight is 244 g/mol. The van der Waals surface area contributed by atoms with Gasteiger partial charge in [0, 0.05) is 6.54 Å². The highest BCUT2D eigenvalue weighted by atomic mass is 35.5. The third-order valence-corrected chi connectivity index (χ3v) is 2.78. The molecule has 0 saturated carbocycles. The van der Waals surface area contributed by atoms with E-state index in [4.69, 9.17) is 23.2 Å². The van der Waals surface area contributed by atoms with Crippen LogP contribution in [0.4, 0.5) is 0 Å². The molecule has 1 aromatic carbocycles. The van der Waals surface area contributed by atoms with Crippen molar-refractivity contribution in [2.75, 3.05) is 6.54 Å². The molecule has 0 unspecified atom stereocenters. The molecule has 0 bridgehead atoms. The second kappa shape index (κ2) is 6.89. The summed E-state index contributed by atoms with van der Waals surface area (Å²) >= 11 is 11.7. The van der Waals surface area contributed by atoms with Gasteiger partial charge in [0.05, 0.1) is 10.0 Å². The summed E-state index contributed by atoms with van der Waals surface area (Å²) in [4.78, 5) is 0. The van der Waals surface area contributed by atoms with E-state index in [0.717, 1.165) is 25.1 Å². The molecule has 0 aliphatic heterocycles. The first-order valence-corrected chi connectivity index (χ1v) is 5.75. The first-order valence-electron chi connectivity index (χ1n) is 5.00. The normalized spacial score (nSPS) is 11.1. The van der Waals surface area contributed by atoms with Crippen LogP contribution in [0.1, 0.15) is 18.9 Å². The van der Waals surface area contributed by atoms with E-state index in [0.29, 0.717) is 10.0 Å². The molecule has 1 nitrogen and oxygen atoms in total. The maximum absolute atomic E-state index is 5.91. The van der Waals surface area contributed by atoms with Crippen LogP contribution < -0.4 is 5.32 Å². The van der Waals surface area contributed by atoms with Gasteiger partial charge in [-0.3, -0.25) is 0 Å². The molecule has 0 spiro atoms. The van der Waals surface area contributed by atoms with Gasteiger partial charge in [0.2, 0.25) is 0 Å². The molecule has 0 aromatic heterocycles. The van der Waals surface area contributed by atoms with E-state index in [9.17, 15) is 0 Å². The third-order valence-electron chi connectivity index (χ3n) is 2.04. The van der Waals surface area contributed by atoms with Gasteiger partial charge in [0.25, 0.3) is 0 Å². The van der Waals surface area contributed by atoms with Crippen molar-refractivity contribution in [2.45, 2.75) is 19.9 Å². The summed E-state index contributed by atoms with van der Waals surface area (Å²) in [6.07, 6.45) is 5.25. The van der Waals surface area contributed by atoms with Gasteiger partial charge in [-0.15, -0.1) is 0 Å². The largest absolute Gasteiger partial charge is 0.312 e. The van der Waals surface area contributed by atoms with Gasteiger partial charge in [-0.25, -0.2) is 0 Å². The average Bonchev–Trinajstić information content (AvgIpc) is 2.23. The zero-order valence-corrected chi connectivity index (χ0v) is 10.3. The van der Waals surface area contributed by atoms with Crippen molar-refractivity contribution >= 4 is 23.2 Å². The predicted molar refractivity (Wildman–Crippen MR) is 67.6 cm³/mol. The maximum atomic E-state index is 5.91. The Labute approximate surface area is 101 Å². The lowest BCUT2D eigenvalue weighted by Gasteiger charge is -2.04. The van der Waals surface area contributed by atoms with E-state index in [1.807, 2.05) is 25.1 Å². The quantitative estimate of drug-likeness (QED) is 0.608. The Balaban J connectivity index is 2.34. The van der Waals surface area contributed by atoms with E-state index >= 15 is 0 Å². The first kappa shape index (κ1) is 12.6. The van der Waals surface area contributed by atoms with Crippen molar-refractivity contribution in [3.8, 4) is 0 Å². The Bertz CT molecular complexity index is 334. The van der Waals surface area contributed by atoms with Crippen LogP contribution in [0.15, 0.2) is 30.4 Å². The van der Waals surface area contributed by atoms with E-state index in [-0.39, 0.29) is 0 Å². The number of benzene rings is 1. The van der Waals surface area contributed by atoms with Crippen LogP contribution in [0.5, 0.6) is 0 Å². The second-order valence-electron chi connectivity index (χ2n) is 3.28. The smallest absolute Gasteiger partial charge is 0.0595 e. The fraction of sp³-hybridized carbons (Fsp3) is 0.333. The van der Waals surface area contributed by atoms with Crippen molar-refractivity contribution < 1.29 is 0 Å². The molecule has 82 valence electrons. The number of rotatable bonds is 5. The van der Waals surface area contributed by atoms with Crippen LogP contribution in [-0.2, 0) is 6.54 Å². The number of halogens is 2. The predicted octanol–water partition coefficient (Wildman–Crippen LogP) is 4.05. The Kier molecular flexibility index (Phi) is 5.77. The Hall–Kier alpha value is -0.500. The van der Waals surface area contributed by atoms with E-state index in [1.54, 1.807) is 0 Å². The van der Waals surface area contributed by atoms with Crippen LogP contribution in [-0.4, -0.2) is 6.54 Å². The van der Waals surface area contributed by atoms with Crippen LogP contribution in [0.3, 0.4) is 0 Å². The third kappa shape index (κ3) is 4.70. The fourth-order valence-electron chi connectivity index (χ4n) is 1.23. The molecule has 0 saturated heterocycles. The SMILES string of the molecule is C/C=C/CCNCc1ccc(Cl)c(Cl)c1. The molecule has 15 heavy (non-hydrogen) atoms. The van der Waals surface area contributed by atoms with Crippen molar-refractivity contribution in [2.24, 2.45) is 0 Å². The molecule has 1 rings (SSSR count). The minimum atomic E-state index is 0.606. The van der Waals surface area contributed by atoms with Gasteiger partial charge in [0.1, 0.15) is 0 Å². The van der Waals surface area contributed by atoms with E-state index < -0.39 is 0 Å². The number of allylic oxidation sites excluding steroid dienone is 1. The Morgan fingerprint density at radius 3 is 2.73 bits per heavy atom. The van der Waals surface area contributed by atoms with Crippen molar-refractivity contribution in [1.82, 2.24) is 5.32 Å². The highest BCUT2D eigenvalue weighted by Gasteiger charge is 1.98. The number of nitrogens with one attached hydrogen (secondary N) is 1. The van der Waals surface area contributed by atoms with Crippen molar-refractivity contribution in [3.05, 3.63) is 46.0 Å². The summed E-state index contributed by atoms with van der Waals surface area (Å²) in [6, 6.07) is 5.70. The molecule has 0 amide bonds. The minimum absolute atomic E-state index is 0.606. The van der Waals surface area contributed by atoms with Gasteiger partial charge in [-0.1, -0.05) is 41.4 Å². The molecular formula is C12H15Cl2N. The monoisotopic (exact) mass is 243 g/mol. The molecule has 3 heteroatoms. The minimum Gasteiger partial charge on any atom is -0.312 e. The molecule has 0 atom stereocenters. The zero-order valence-electron chi connectivity index (χ0n) is 8.76. The van der Waals surface area contributed by atoms with Gasteiger partial charge in [-0.2, -0.15) is 0 Å².